The average Bonchev–Trinajstić information content (AvgIpc) is 3.35. The molecule has 1 fully saturated rings. The second-order valence-corrected chi connectivity index (χ2v) is 7.43. The molecule has 0 aromatic heterocycles. The number of fused-ring (bicyclic) bond motifs is 1. The lowest BCUT2D eigenvalue weighted by molar-refractivity contribution is -0.121. The highest BCUT2D eigenvalue weighted by Gasteiger charge is 2.39. The molecule has 0 saturated carbocycles. The Labute approximate surface area is 180 Å². The number of ether oxygens (including phenoxy) is 3. The second kappa shape index (κ2) is 9.18. The van der Waals surface area contributed by atoms with E-state index in [0.717, 1.165) is 23.3 Å². The van der Waals surface area contributed by atoms with E-state index in [9.17, 15) is 14.4 Å². The van der Waals surface area contributed by atoms with Gasteiger partial charge in [0.15, 0.2) is 11.5 Å². The smallest absolute Gasteiger partial charge is 0.338 e. The van der Waals surface area contributed by atoms with Crippen molar-refractivity contribution in [3.8, 4) is 11.5 Å². The molecule has 8 heteroatoms. The van der Waals surface area contributed by atoms with Crippen LogP contribution in [-0.2, 0) is 20.9 Å². The summed E-state index contributed by atoms with van der Waals surface area (Å²) >= 11 is 0. The highest BCUT2D eigenvalue weighted by molar-refractivity contribution is 6.22. The van der Waals surface area contributed by atoms with Gasteiger partial charge in [-0.15, -0.1) is 0 Å². The maximum atomic E-state index is 12.8. The first-order chi connectivity index (χ1) is 15.1. The predicted molar refractivity (Wildman–Crippen MR) is 112 cm³/mol. The number of anilines is 1. The zero-order valence-corrected chi connectivity index (χ0v) is 17.3. The monoisotopic (exact) mass is 424 g/mol. The first-order valence-electron chi connectivity index (χ1n) is 10.3. The molecule has 1 atom stereocenters. The van der Waals surface area contributed by atoms with Crippen LogP contribution in [0, 0.1) is 0 Å². The lowest BCUT2D eigenvalue weighted by Crippen LogP contribution is -2.38. The van der Waals surface area contributed by atoms with E-state index >= 15 is 0 Å². The van der Waals surface area contributed by atoms with Crippen molar-refractivity contribution >= 4 is 23.5 Å². The van der Waals surface area contributed by atoms with Gasteiger partial charge in [0.05, 0.1) is 30.3 Å². The van der Waals surface area contributed by atoms with Gasteiger partial charge in [-0.05, 0) is 48.4 Å². The summed E-state index contributed by atoms with van der Waals surface area (Å²) in [5, 5.41) is 3.14. The Hall–Kier alpha value is -3.39. The Bertz CT molecular complexity index is 988. The molecule has 1 saturated heterocycles. The van der Waals surface area contributed by atoms with E-state index in [0.29, 0.717) is 35.9 Å². The van der Waals surface area contributed by atoms with Crippen LogP contribution in [0.25, 0.3) is 0 Å². The molecule has 2 aromatic carbocycles. The second-order valence-electron chi connectivity index (χ2n) is 7.43. The van der Waals surface area contributed by atoms with Gasteiger partial charge in [-0.1, -0.05) is 19.4 Å². The molecular formula is C23H24N2O6. The van der Waals surface area contributed by atoms with Gasteiger partial charge in [0.25, 0.3) is 5.91 Å². The van der Waals surface area contributed by atoms with Gasteiger partial charge in [-0.25, -0.2) is 9.69 Å². The zero-order chi connectivity index (χ0) is 21.8. The maximum absolute atomic E-state index is 12.8. The lowest BCUT2D eigenvalue weighted by Gasteiger charge is -2.16. The number of unbranched alkanes of at least 4 members (excludes halogenated alkanes) is 1. The normalized spacial score (nSPS) is 17.3. The van der Waals surface area contributed by atoms with Crippen molar-refractivity contribution in [1.29, 1.82) is 0 Å². The molecule has 2 aromatic rings. The van der Waals surface area contributed by atoms with E-state index in [1.54, 1.807) is 24.3 Å². The van der Waals surface area contributed by atoms with Crippen LogP contribution in [0.4, 0.5) is 5.69 Å². The Morgan fingerprint density at radius 2 is 1.90 bits per heavy atom. The molecule has 8 nitrogen and oxygen atoms in total. The van der Waals surface area contributed by atoms with Gasteiger partial charge in [0, 0.05) is 6.54 Å². The summed E-state index contributed by atoms with van der Waals surface area (Å²) in [7, 11) is 0. The largest absolute Gasteiger partial charge is 0.462 e. The van der Waals surface area contributed by atoms with Crippen LogP contribution < -0.4 is 19.7 Å². The highest BCUT2D eigenvalue weighted by atomic mass is 16.7. The van der Waals surface area contributed by atoms with Crippen molar-refractivity contribution in [1.82, 2.24) is 5.32 Å². The quantitative estimate of drug-likeness (QED) is 0.396. The number of carbonyl (C=O) groups excluding carboxylic acids is 3. The molecule has 0 unspecified atom stereocenters. The van der Waals surface area contributed by atoms with Crippen LogP contribution >= 0.6 is 0 Å². The molecule has 0 spiro atoms. The minimum absolute atomic E-state index is 0.0736. The Morgan fingerprint density at radius 3 is 2.68 bits per heavy atom. The summed E-state index contributed by atoms with van der Waals surface area (Å²) in [4.78, 5) is 38.5. The van der Waals surface area contributed by atoms with E-state index in [1.165, 1.54) is 0 Å². The van der Waals surface area contributed by atoms with Gasteiger partial charge in [0.2, 0.25) is 12.7 Å². The molecule has 2 aliphatic rings. The lowest BCUT2D eigenvalue weighted by atomic mass is 10.1. The molecule has 162 valence electrons. The molecule has 31 heavy (non-hydrogen) atoms. The van der Waals surface area contributed by atoms with Gasteiger partial charge in [0.1, 0.15) is 0 Å². The number of nitrogens with one attached hydrogen (secondary N) is 1. The number of carbonyl (C=O) groups is 3. The fourth-order valence-corrected chi connectivity index (χ4v) is 3.49. The number of hydrogen-bond acceptors (Lipinski definition) is 7. The molecule has 4 rings (SSSR count). The molecular weight excluding hydrogens is 400 g/mol. The number of rotatable bonds is 8. The molecule has 1 N–H and O–H groups in total. The fraction of sp³-hybridized carbons (Fsp3) is 0.348. The maximum Gasteiger partial charge on any atom is 0.338 e. The van der Waals surface area contributed by atoms with Crippen LogP contribution in [-0.4, -0.2) is 37.2 Å². The van der Waals surface area contributed by atoms with Gasteiger partial charge >= 0.3 is 5.97 Å². The van der Waals surface area contributed by atoms with Crippen LogP contribution in [0.2, 0.25) is 0 Å². The van der Waals surface area contributed by atoms with Crippen LogP contribution in [0.15, 0.2) is 42.5 Å². The van der Waals surface area contributed by atoms with Crippen molar-refractivity contribution in [2.24, 2.45) is 0 Å². The van der Waals surface area contributed by atoms with Crippen molar-refractivity contribution in [3.05, 3.63) is 53.6 Å². The first kappa shape index (κ1) is 20.9. The van der Waals surface area contributed by atoms with E-state index in [4.69, 9.17) is 14.2 Å². The summed E-state index contributed by atoms with van der Waals surface area (Å²) in [5.74, 6) is 0.348. The predicted octanol–water partition coefficient (Wildman–Crippen LogP) is 2.79. The van der Waals surface area contributed by atoms with Gasteiger partial charge < -0.3 is 19.5 Å². The summed E-state index contributed by atoms with van der Waals surface area (Å²) in [6.07, 6.45) is 1.82. The Kier molecular flexibility index (Phi) is 6.18. The number of nitrogens with zero attached hydrogens (tertiary/aromatic N) is 1. The zero-order valence-electron chi connectivity index (χ0n) is 17.3. The van der Waals surface area contributed by atoms with Crippen LogP contribution in [0.1, 0.15) is 42.1 Å². The summed E-state index contributed by atoms with van der Waals surface area (Å²) in [5.41, 5.74) is 1.75. The standard InChI is InChI=1S/C23H24N2O6/c1-2-3-10-29-23(28)16-5-7-17(8-6-16)25-21(26)12-18(22(25)27)24-13-15-4-9-19-20(11-15)31-14-30-19/h4-9,11,18,24H,2-3,10,12-14H2,1H3/t18-/m0/s1. The topological polar surface area (TPSA) is 94.2 Å². The third kappa shape index (κ3) is 4.54. The average molecular weight is 424 g/mol. The van der Waals surface area contributed by atoms with E-state index < -0.39 is 12.0 Å². The molecule has 2 amide bonds. The fourth-order valence-electron chi connectivity index (χ4n) is 3.49. The number of benzene rings is 2. The number of imide groups is 1. The Morgan fingerprint density at radius 1 is 1.13 bits per heavy atom. The van der Waals surface area contributed by atoms with Crippen LogP contribution in [0.5, 0.6) is 11.5 Å². The number of esters is 1. The SMILES string of the molecule is CCCCOC(=O)c1ccc(N2C(=O)C[C@H](NCc3ccc4c(c3)OCO4)C2=O)cc1. The Balaban J connectivity index is 1.37. The molecule has 2 aliphatic heterocycles. The molecule has 0 bridgehead atoms. The third-order valence-corrected chi connectivity index (χ3v) is 5.23. The molecule has 2 heterocycles. The van der Waals surface area contributed by atoms with Crippen molar-refractivity contribution in [2.45, 2.75) is 38.8 Å². The molecule has 0 aliphatic carbocycles. The highest BCUT2D eigenvalue weighted by Crippen LogP contribution is 2.32. The molecule has 0 radical (unpaired) electrons. The summed E-state index contributed by atoms with van der Waals surface area (Å²) in [6, 6.07) is 11.3. The van der Waals surface area contributed by atoms with Gasteiger partial charge in [-0.2, -0.15) is 0 Å². The minimum Gasteiger partial charge on any atom is -0.462 e. The first-order valence-corrected chi connectivity index (χ1v) is 10.3. The number of hydrogen-bond donors (Lipinski definition) is 1. The van der Waals surface area contributed by atoms with E-state index in [2.05, 4.69) is 5.32 Å². The minimum atomic E-state index is -0.614. The van der Waals surface area contributed by atoms with Crippen molar-refractivity contribution in [2.75, 3.05) is 18.3 Å². The summed E-state index contributed by atoms with van der Waals surface area (Å²) in [6.45, 7) is 3.00. The van der Waals surface area contributed by atoms with Gasteiger partial charge in [-0.3, -0.25) is 9.59 Å². The third-order valence-electron chi connectivity index (χ3n) is 5.23. The van der Waals surface area contributed by atoms with Crippen LogP contribution in [0.3, 0.4) is 0 Å². The summed E-state index contributed by atoms with van der Waals surface area (Å²) < 4.78 is 15.8. The van der Waals surface area contributed by atoms with E-state index in [-0.39, 0.29) is 25.0 Å². The van der Waals surface area contributed by atoms with Crippen molar-refractivity contribution < 1.29 is 28.6 Å². The van der Waals surface area contributed by atoms with Crippen molar-refractivity contribution in [3.63, 3.8) is 0 Å². The van der Waals surface area contributed by atoms with E-state index in [1.807, 2.05) is 25.1 Å². The number of amides is 2.